The summed E-state index contributed by atoms with van der Waals surface area (Å²) in [5.74, 6) is 0.559. The van der Waals surface area contributed by atoms with Gasteiger partial charge in [-0.25, -0.2) is 0 Å². The molecule has 3 rings (SSSR count). The van der Waals surface area contributed by atoms with Crippen LogP contribution in [0.25, 0.3) is 0 Å². The number of hydrogen-bond donors (Lipinski definition) is 1. The Morgan fingerprint density at radius 1 is 1.47 bits per heavy atom. The lowest BCUT2D eigenvalue weighted by atomic mass is 10.0. The van der Waals surface area contributed by atoms with Crippen molar-refractivity contribution in [3.63, 3.8) is 0 Å². The lowest BCUT2D eigenvalue weighted by molar-refractivity contribution is -0.384. The van der Waals surface area contributed by atoms with Gasteiger partial charge in [0.15, 0.2) is 5.75 Å². The zero-order chi connectivity index (χ0) is 13.8. The van der Waals surface area contributed by atoms with Crippen molar-refractivity contribution >= 4 is 17.1 Å². The second kappa shape index (κ2) is 3.76. The number of nitrogens with two attached hydrogens (primary N) is 1. The molecule has 1 aromatic rings. The van der Waals surface area contributed by atoms with Crippen LogP contribution < -0.4 is 15.4 Å². The molecule has 1 aliphatic carbocycles. The Morgan fingerprint density at radius 3 is 2.74 bits per heavy atom. The maximum absolute atomic E-state index is 11.0. The van der Waals surface area contributed by atoms with Gasteiger partial charge in [0.1, 0.15) is 11.3 Å². The molecule has 2 aliphatic rings. The first-order valence-electron chi connectivity index (χ1n) is 6.41. The van der Waals surface area contributed by atoms with E-state index < -0.39 is 4.92 Å². The van der Waals surface area contributed by atoms with Crippen LogP contribution in [-0.4, -0.2) is 23.1 Å². The van der Waals surface area contributed by atoms with Gasteiger partial charge < -0.3 is 15.4 Å². The molecule has 1 aromatic carbocycles. The summed E-state index contributed by atoms with van der Waals surface area (Å²) in [5, 5.41) is 11.0. The molecular formula is C13H17N3O3. The number of nitro benzene ring substituents is 1. The van der Waals surface area contributed by atoms with E-state index in [-0.39, 0.29) is 17.0 Å². The first-order valence-corrected chi connectivity index (χ1v) is 6.41. The lowest BCUT2D eigenvalue weighted by Gasteiger charge is -2.41. The molecule has 0 radical (unpaired) electrons. The Balaban J connectivity index is 2.10. The highest BCUT2D eigenvalue weighted by molar-refractivity contribution is 5.74. The molecule has 1 saturated carbocycles. The van der Waals surface area contributed by atoms with Crippen LogP contribution in [0.15, 0.2) is 12.1 Å². The smallest absolute Gasteiger partial charge is 0.295 e. The van der Waals surface area contributed by atoms with Crippen molar-refractivity contribution in [3.05, 3.63) is 22.2 Å². The van der Waals surface area contributed by atoms with Crippen LogP contribution in [0.3, 0.4) is 0 Å². The third kappa shape index (κ3) is 2.07. The van der Waals surface area contributed by atoms with Crippen molar-refractivity contribution < 1.29 is 9.66 Å². The summed E-state index contributed by atoms with van der Waals surface area (Å²) in [5.41, 5.74) is 6.41. The van der Waals surface area contributed by atoms with Crippen LogP contribution in [0, 0.1) is 10.1 Å². The second-order valence-electron chi connectivity index (χ2n) is 5.86. The van der Waals surface area contributed by atoms with E-state index >= 15 is 0 Å². The molecule has 0 aromatic heterocycles. The third-order valence-electron chi connectivity index (χ3n) is 3.54. The fourth-order valence-corrected chi connectivity index (χ4v) is 2.58. The number of fused-ring (bicyclic) bond motifs is 1. The van der Waals surface area contributed by atoms with Gasteiger partial charge in [0.05, 0.1) is 23.2 Å². The highest BCUT2D eigenvalue weighted by atomic mass is 16.6. The van der Waals surface area contributed by atoms with Crippen molar-refractivity contribution in [1.82, 2.24) is 0 Å². The van der Waals surface area contributed by atoms with Crippen molar-refractivity contribution in [2.24, 2.45) is 0 Å². The molecule has 1 fully saturated rings. The quantitative estimate of drug-likeness (QED) is 0.503. The molecule has 0 spiro atoms. The predicted octanol–water partition coefficient (Wildman–Crippen LogP) is 2.32. The van der Waals surface area contributed by atoms with Crippen LogP contribution in [0.2, 0.25) is 0 Å². The number of nitro groups is 1. The Bertz CT molecular complexity index is 552. The minimum absolute atomic E-state index is 0.0906. The Labute approximate surface area is 111 Å². The van der Waals surface area contributed by atoms with Crippen LogP contribution in [0.4, 0.5) is 17.1 Å². The Hall–Kier alpha value is -1.98. The van der Waals surface area contributed by atoms with E-state index in [9.17, 15) is 10.1 Å². The van der Waals surface area contributed by atoms with Gasteiger partial charge in [0.2, 0.25) is 0 Å². The molecule has 19 heavy (non-hydrogen) atoms. The summed E-state index contributed by atoms with van der Waals surface area (Å²) in [6.45, 7) is 4.77. The van der Waals surface area contributed by atoms with Crippen molar-refractivity contribution in [1.29, 1.82) is 0 Å². The van der Waals surface area contributed by atoms with Crippen molar-refractivity contribution in [3.8, 4) is 5.75 Å². The van der Waals surface area contributed by atoms with E-state index in [2.05, 4.69) is 4.90 Å². The van der Waals surface area contributed by atoms with Gasteiger partial charge in [0, 0.05) is 6.04 Å². The predicted molar refractivity (Wildman–Crippen MR) is 72.6 cm³/mol. The van der Waals surface area contributed by atoms with Crippen molar-refractivity contribution in [2.75, 3.05) is 17.2 Å². The van der Waals surface area contributed by atoms with E-state index in [1.807, 2.05) is 13.8 Å². The standard InChI is InChI=1S/C13H17N3O3/c1-13(2)7-15(8-3-4-8)11-5-9(14)10(16(17)18)6-12(11)19-13/h5-6,8H,3-4,7,14H2,1-2H3. The van der Waals surface area contributed by atoms with Crippen LogP contribution >= 0.6 is 0 Å². The van der Waals surface area contributed by atoms with E-state index in [0.29, 0.717) is 11.8 Å². The minimum Gasteiger partial charge on any atom is -0.484 e. The number of ether oxygens (including phenoxy) is 1. The van der Waals surface area contributed by atoms with Gasteiger partial charge >= 0.3 is 0 Å². The Kier molecular flexibility index (Phi) is 2.39. The second-order valence-corrected chi connectivity index (χ2v) is 5.86. The molecule has 6 heteroatoms. The SMILES string of the molecule is CC1(C)CN(C2CC2)c2cc(N)c([N+](=O)[O-])cc2O1. The molecular weight excluding hydrogens is 246 g/mol. The fourth-order valence-electron chi connectivity index (χ4n) is 2.58. The zero-order valence-electron chi connectivity index (χ0n) is 11.0. The van der Waals surface area contributed by atoms with Crippen LogP contribution in [0.5, 0.6) is 5.75 Å². The number of hydrogen-bond acceptors (Lipinski definition) is 5. The molecule has 0 amide bonds. The molecule has 1 aliphatic heterocycles. The van der Waals surface area contributed by atoms with Gasteiger partial charge in [0.25, 0.3) is 5.69 Å². The monoisotopic (exact) mass is 263 g/mol. The maximum Gasteiger partial charge on any atom is 0.295 e. The minimum atomic E-state index is -0.470. The highest BCUT2D eigenvalue weighted by Gasteiger charge is 2.40. The van der Waals surface area contributed by atoms with Gasteiger partial charge in [-0.1, -0.05) is 0 Å². The summed E-state index contributed by atoms with van der Waals surface area (Å²) >= 11 is 0. The molecule has 6 nitrogen and oxygen atoms in total. The number of benzene rings is 1. The van der Waals surface area contributed by atoms with E-state index in [4.69, 9.17) is 10.5 Å². The molecule has 0 atom stereocenters. The summed E-state index contributed by atoms with van der Waals surface area (Å²) in [6.07, 6.45) is 2.32. The van der Waals surface area contributed by atoms with Gasteiger partial charge in [-0.3, -0.25) is 10.1 Å². The summed E-state index contributed by atoms with van der Waals surface area (Å²) in [7, 11) is 0. The van der Waals surface area contributed by atoms with Crippen molar-refractivity contribution in [2.45, 2.75) is 38.3 Å². The molecule has 0 saturated heterocycles. The van der Waals surface area contributed by atoms with Gasteiger partial charge in [-0.15, -0.1) is 0 Å². The molecule has 0 unspecified atom stereocenters. The topological polar surface area (TPSA) is 81.6 Å². The van der Waals surface area contributed by atoms with Crippen LogP contribution in [-0.2, 0) is 0 Å². The molecule has 0 bridgehead atoms. The fraction of sp³-hybridized carbons (Fsp3) is 0.538. The van der Waals surface area contributed by atoms with Gasteiger partial charge in [-0.05, 0) is 32.8 Å². The Morgan fingerprint density at radius 2 is 2.16 bits per heavy atom. The average molecular weight is 263 g/mol. The number of nitrogens with zero attached hydrogens (tertiary/aromatic N) is 2. The summed E-state index contributed by atoms with van der Waals surface area (Å²) < 4.78 is 5.87. The zero-order valence-corrected chi connectivity index (χ0v) is 11.0. The van der Waals surface area contributed by atoms with Gasteiger partial charge in [-0.2, -0.15) is 0 Å². The summed E-state index contributed by atoms with van der Waals surface area (Å²) in [4.78, 5) is 12.7. The lowest BCUT2D eigenvalue weighted by Crippen LogP contribution is -2.47. The van der Waals surface area contributed by atoms with E-state index in [1.54, 1.807) is 6.07 Å². The number of anilines is 2. The molecule has 1 heterocycles. The number of rotatable bonds is 2. The molecule has 2 N–H and O–H groups in total. The third-order valence-corrected chi connectivity index (χ3v) is 3.54. The van der Waals surface area contributed by atoms with E-state index in [1.165, 1.54) is 6.07 Å². The van der Waals surface area contributed by atoms with Crippen LogP contribution in [0.1, 0.15) is 26.7 Å². The average Bonchev–Trinajstić information content (AvgIpc) is 3.10. The first kappa shape index (κ1) is 12.1. The first-order chi connectivity index (χ1) is 8.87. The van der Waals surface area contributed by atoms with E-state index in [0.717, 1.165) is 25.1 Å². The number of nitrogen functional groups attached to an aromatic ring is 1. The highest BCUT2D eigenvalue weighted by Crippen LogP contribution is 2.46. The maximum atomic E-state index is 11.0. The largest absolute Gasteiger partial charge is 0.484 e. The normalized spacial score (nSPS) is 20.6. The summed E-state index contributed by atoms with van der Waals surface area (Å²) in [6, 6.07) is 3.63. The molecule has 102 valence electrons.